The molecule has 0 atom stereocenters. The van der Waals surface area contributed by atoms with Crippen molar-refractivity contribution >= 4 is 59.7 Å². The molecule has 0 aliphatic carbocycles. The standard InChI is InChI=1S/C20H16B2N4O10/c27-19(11-5-13(21(29)30)9-17(7-11)25(33)34)23-15-1-2-16(4-3-15)24-20(28)12-6-14(22(31)32)10-18(8-12)26(35)36/h1-10,29-32H,(H,23,27)(H,24,28). The molecule has 0 aromatic heterocycles. The Balaban J connectivity index is 1.75. The number of carbonyl (C=O) groups is 2. The number of rotatable bonds is 8. The third-order valence-electron chi connectivity index (χ3n) is 4.82. The first-order chi connectivity index (χ1) is 16.9. The summed E-state index contributed by atoms with van der Waals surface area (Å²) in [5.41, 5.74) is -1.44. The number of nitrogens with zero attached hydrogens (tertiary/aromatic N) is 2. The SMILES string of the molecule is O=C(Nc1ccc(NC(=O)c2cc(B(O)O)cc([N+](=O)[O-])c2)cc1)c1cc(B(O)O)cc([N+](=O)[O-])c1. The molecule has 0 saturated carbocycles. The minimum atomic E-state index is -2.03. The average Bonchev–Trinajstić information content (AvgIpc) is 2.84. The molecular formula is C20H16B2N4O10. The van der Waals surface area contributed by atoms with E-state index in [1.165, 1.54) is 24.3 Å². The molecule has 0 fully saturated rings. The van der Waals surface area contributed by atoms with E-state index in [0.29, 0.717) is 0 Å². The summed E-state index contributed by atoms with van der Waals surface area (Å²) in [4.78, 5) is 45.6. The van der Waals surface area contributed by atoms with E-state index in [1.54, 1.807) is 0 Å². The van der Waals surface area contributed by atoms with Crippen LogP contribution >= 0.6 is 0 Å². The normalized spacial score (nSPS) is 10.3. The van der Waals surface area contributed by atoms with Crippen LogP contribution in [0.15, 0.2) is 60.7 Å². The van der Waals surface area contributed by atoms with Crippen LogP contribution in [-0.4, -0.2) is 56.0 Å². The van der Waals surface area contributed by atoms with Crippen molar-refractivity contribution in [2.24, 2.45) is 0 Å². The Morgan fingerprint density at radius 3 is 1.25 bits per heavy atom. The van der Waals surface area contributed by atoms with Crippen LogP contribution < -0.4 is 21.6 Å². The maximum absolute atomic E-state index is 12.5. The van der Waals surface area contributed by atoms with E-state index in [9.17, 15) is 49.9 Å². The predicted octanol–water partition coefficient (Wildman–Crippen LogP) is -0.633. The van der Waals surface area contributed by atoms with Gasteiger partial charge in [-0.2, -0.15) is 0 Å². The van der Waals surface area contributed by atoms with Gasteiger partial charge in [0.1, 0.15) is 0 Å². The lowest BCUT2D eigenvalue weighted by atomic mass is 9.79. The molecule has 0 bridgehead atoms. The smallest absolute Gasteiger partial charge is 0.423 e. The van der Waals surface area contributed by atoms with Gasteiger partial charge in [-0.05, 0) is 47.3 Å². The average molecular weight is 494 g/mol. The van der Waals surface area contributed by atoms with Crippen molar-refractivity contribution in [1.29, 1.82) is 0 Å². The molecule has 3 rings (SSSR count). The molecule has 36 heavy (non-hydrogen) atoms. The van der Waals surface area contributed by atoms with Crippen LogP contribution in [0.3, 0.4) is 0 Å². The number of benzene rings is 3. The highest BCUT2D eigenvalue weighted by atomic mass is 16.6. The van der Waals surface area contributed by atoms with Crippen molar-refractivity contribution in [3.63, 3.8) is 0 Å². The van der Waals surface area contributed by atoms with Crippen molar-refractivity contribution in [1.82, 2.24) is 0 Å². The summed E-state index contributed by atoms with van der Waals surface area (Å²) in [7, 11) is -4.05. The van der Waals surface area contributed by atoms with E-state index in [-0.39, 0.29) is 33.4 Å². The first-order valence-electron chi connectivity index (χ1n) is 9.98. The number of hydrogen-bond acceptors (Lipinski definition) is 10. The Bertz CT molecular complexity index is 1250. The second-order valence-electron chi connectivity index (χ2n) is 7.37. The van der Waals surface area contributed by atoms with E-state index in [2.05, 4.69) is 10.6 Å². The summed E-state index contributed by atoms with van der Waals surface area (Å²) >= 11 is 0. The lowest BCUT2D eigenvalue weighted by Crippen LogP contribution is -2.31. The van der Waals surface area contributed by atoms with Crippen molar-refractivity contribution in [2.75, 3.05) is 10.6 Å². The van der Waals surface area contributed by atoms with Gasteiger partial charge in [-0.3, -0.25) is 29.8 Å². The van der Waals surface area contributed by atoms with E-state index < -0.39 is 47.3 Å². The lowest BCUT2D eigenvalue weighted by Gasteiger charge is -2.10. The summed E-state index contributed by atoms with van der Waals surface area (Å²) < 4.78 is 0. The first-order valence-corrected chi connectivity index (χ1v) is 9.98. The summed E-state index contributed by atoms with van der Waals surface area (Å²) in [6.45, 7) is 0. The monoisotopic (exact) mass is 494 g/mol. The molecule has 3 aromatic rings. The molecule has 0 aliphatic rings. The van der Waals surface area contributed by atoms with Gasteiger partial charge in [0.2, 0.25) is 0 Å². The van der Waals surface area contributed by atoms with E-state index >= 15 is 0 Å². The van der Waals surface area contributed by atoms with Gasteiger partial charge in [0.25, 0.3) is 23.2 Å². The number of carbonyl (C=O) groups excluding carboxylic acids is 2. The molecule has 2 amide bonds. The topological polar surface area (TPSA) is 225 Å². The Morgan fingerprint density at radius 2 is 0.972 bits per heavy atom. The highest BCUT2D eigenvalue weighted by molar-refractivity contribution is 6.59. The molecule has 0 spiro atoms. The number of nitrogens with one attached hydrogen (secondary N) is 2. The molecule has 182 valence electrons. The maximum Gasteiger partial charge on any atom is 0.488 e. The van der Waals surface area contributed by atoms with Crippen LogP contribution in [0.25, 0.3) is 0 Å². The minimum Gasteiger partial charge on any atom is -0.423 e. The van der Waals surface area contributed by atoms with E-state index in [1.807, 2.05) is 0 Å². The number of anilines is 2. The van der Waals surface area contributed by atoms with Gasteiger partial charge in [-0.25, -0.2) is 0 Å². The molecule has 0 saturated heterocycles. The molecule has 0 radical (unpaired) electrons. The highest BCUT2D eigenvalue weighted by Crippen LogP contribution is 2.19. The predicted molar refractivity (Wildman–Crippen MR) is 128 cm³/mol. The van der Waals surface area contributed by atoms with Crippen molar-refractivity contribution in [3.05, 3.63) is 92.0 Å². The molecule has 14 nitrogen and oxygen atoms in total. The van der Waals surface area contributed by atoms with Gasteiger partial charge in [-0.1, -0.05) is 0 Å². The summed E-state index contributed by atoms with van der Waals surface area (Å²) in [6.07, 6.45) is 0. The fourth-order valence-corrected chi connectivity index (χ4v) is 3.08. The maximum atomic E-state index is 12.5. The van der Waals surface area contributed by atoms with Crippen LogP contribution in [0.1, 0.15) is 20.7 Å². The van der Waals surface area contributed by atoms with Crippen LogP contribution in [-0.2, 0) is 0 Å². The van der Waals surface area contributed by atoms with Crippen LogP contribution in [0.2, 0.25) is 0 Å². The summed E-state index contributed by atoms with van der Waals surface area (Å²) in [5, 5.41) is 64.3. The van der Waals surface area contributed by atoms with Crippen molar-refractivity contribution in [3.8, 4) is 0 Å². The molecule has 6 N–H and O–H groups in total. The first kappa shape index (κ1) is 26.0. The van der Waals surface area contributed by atoms with Gasteiger partial charge in [0.05, 0.1) is 9.85 Å². The molecular weight excluding hydrogens is 478 g/mol. The van der Waals surface area contributed by atoms with Gasteiger partial charge >= 0.3 is 14.2 Å². The fraction of sp³-hybridized carbons (Fsp3) is 0. The van der Waals surface area contributed by atoms with Crippen LogP contribution in [0, 0.1) is 20.2 Å². The summed E-state index contributed by atoms with van der Waals surface area (Å²) in [5.74, 6) is -1.55. The van der Waals surface area contributed by atoms with Gasteiger partial charge in [0, 0.05) is 46.8 Å². The van der Waals surface area contributed by atoms with Crippen LogP contribution in [0.4, 0.5) is 22.7 Å². The number of nitro benzene ring substituents is 2. The second kappa shape index (κ2) is 10.7. The third-order valence-corrected chi connectivity index (χ3v) is 4.82. The molecule has 0 unspecified atom stereocenters. The lowest BCUT2D eigenvalue weighted by molar-refractivity contribution is -0.385. The minimum absolute atomic E-state index is 0.197. The number of nitro groups is 2. The zero-order valence-electron chi connectivity index (χ0n) is 18.1. The Morgan fingerprint density at radius 1 is 0.639 bits per heavy atom. The molecule has 0 aliphatic heterocycles. The molecule has 0 heterocycles. The molecule has 3 aromatic carbocycles. The highest BCUT2D eigenvalue weighted by Gasteiger charge is 2.22. The Labute approximate surface area is 202 Å². The Hall–Kier alpha value is -4.63. The van der Waals surface area contributed by atoms with Crippen molar-refractivity contribution < 1.29 is 39.5 Å². The number of non-ortho nitro benzene ring substituents is 2. The van der Waals surface area contributed by atoms with Gasteiger partial charge in [0.15, 0.2) is 0 Å². The zero-order chi connectivity index (χ0) is 26.6. The largest absolute Gasteiger partial charge is 0.488 e. The van der Waals surface area contributed by atoms with E-state index in [0.717, 1.165) is 36.4 Å². The zero-order valence-corrected chi connectivity index (χ0v) is 18.1. The summed E-state index contributed by atoms with van der Waals surface area (Å²) in [6, 6.07) is 11.5. The fourth-order valence-electron chi connectivity index (χ4n) is 3.08. The van der Waals surface area contributed by atoms with E-state index in [4.69, 9.17) is 0 Å². The van der Waals surface area contributed by atoms with Gasteiger partial charge < -0.3 is 30.7 Å². The van der Waals surface area contributed by atoms with Gasteiger partial charge in [-0.15, -0.1) is 0 Å². The Kier molecular flexibility index (Phi) is 7.76. The van der Waals surface area contributed by atoms with Crippen molar-refractivity contribution in [2.45, 2.75) is 0 Å². The second-order valence-corrected chi connectivity index (χ2v) is 7.37. The number of amides is 2. The quantitative estimate of drug-likeness (QED) is 0.132. The van der Waals surface area contributed by atoms with Crippen LogP contribution in [0.5, 0.6) is 0 Å². The molecule has 16 heteroatoms. The third kappa shape index (κ3) is 6.28. The number of hydrogen-bond donors (Lipinski definition) is 6.